The summed E-state index contributed by atoms with van der Waals surface area (Å²) in [7, 11) is 0. The smallest absolute Gasteiger partial charge is 0.283 e. The number of aryl methyl sites for hydroxylation is 1. The SMILES string of the molecule is Cc1ccc(C(=O)NC2CCCCC2)cc1NC1=C(Cl)C(=O)N(c2ccc(Cl)cc2)C1=O. The highest BCUT2D eigenvalue weighted by atomic mass is 35.5. The van der Waals surface area contributed by atoms with Gasteiger partial charge in [-0.3, -0.25) is 14.4 Å². The summed E-state index contributed by atoms with van der Waals surface area (Å²) in [5, 5.41) is 6.35. The van der Waals surface area contributed by atoms with Crippen LogP contribution >= 0.6 is 23.2 Å². The number of anilines is 2. The van der Waals surface area contributed by atoms with E-state index in [0.29, 0.717) is 22.0 Å². The second-order valence-corrected chi connectivity index (χ2v) is 8.89. The van der Waals surface area contributed by atoms with Crippen molar-refractivity contribution in [1.82, 2.24) is 5.32 Å². The first kappa shape index (κ1) is 22.4. The Hall–Kier alpha value is -2.83. The van der Waals surface area contributed by atoms with Crippen LogP contribution in [0.5, 0.6) is 0 Å². The molecule has 2 aromatic carbocycles. The van der Waals surface area contributed by atoms with Gasteiger partial charge in [0.05, 0.1) is 5.69 Å². The van der Waals surface area contributed by atoms with E-state index in [1.807, 2.05) is 6.92 Å². The zero-order valence-corrected chi connectivity index (χ0v) is 19.1. The molecule has 0 spiro atoms. The number of hydrogen-bond donors (Lipinski definition) is 2. The predicted octanol–water partition coefficient (Wildman–Crippen LogP) is 5.15. The molecule has 6 nitrogen and oxygen atoms in total. The first-order valence-electron chi connectivity index (χ1n) is 10.6. The van der Waals surface area contributed by atoms with Crippen LogP contribution in [0, 0.1) is 6.92 Å². The molecule has 0 radical (unpaired) electrons. The number of benzene rings is 2. The lowest BCUT2D eigenvalue weighted by Gasteiger charge is -2.23. The van der Waals surface area contributed by atoms with Gasteiger partial charge in [0, 0.05) is 22.3 Å². The van der Waals surface area contributed by atoms with E-state index in [0.717, 1.165) is 36.1 Å². The van der Waals surface area contributed by atoms with Crippen molar-refractivity contribution in [3.05, 3.63) is 69.3 Å². The lowest BCUT2D eigenvalue weighted by Crippen LogP contribution is -2.36. The Morgan fingerprint density at radius 1 is 0.969 bits per heavy atom. The van der Waals surface area contributed by atoms with Crippen LogP contribution in [0.4, 0.5) is 11.4 Å². The molecule has 0 saturated heterocycles. The minimum absolute atomic E-state index is 0.0282. The number of nitrogens with one attached hydrogen (secondary N) is 2. The minimum Gasteiger partial charge on any atom is -0.349 e. The maximum atomic E-state index is 13.0. The molecule has 4 rings (SSSR count). The molecule has 0 unspecified atom stereocenters. The molecule has 2 aromatic rings. The molecule has 1 aliphatic carbocycles. The van der Waals surface area contributed by atoms with E-state index in [1.165, 1.54) is 6.42 Å². The maximum absolute atomic E-state index is 13.0. The molecule has 1 aliphatic heterocycles. The van der Waals surface area contributed by atoms with Gasteiger partial charge in [-0.2, -0.15) is 0 Å². The number of amides is 3. The Balaban J connectivity index is 1.54. The average Bonchev–Trinajstić information content (AvgIpc) is 2.99. The summed E-state index contributed by atoms with van der Waals surface area (Å²) in [4.78, 5) is 39.4. The van der Waals surface area contributed by atoms with Crippen LogP contribution in [-0.2, 0) is 9.59 Å². The van der Waals surface area contributed by atoms with Crippen LogP contribution in [0.1, 0.15) is 48.0 Å². The van der Waals surface area contributed by atoms with Gasteiger partial charge in [-0.25, -0.2) is 4.90 Å². The van der Waals surface area contributed by atoms with Crippen molar-refractivity contribution in [2.24, 2.45) is 0 Å². The topological polar surface area (TPSA) is 78.5 Å². The third-order valence-corrected chi connectivity index (χ3v) is 6.41. The van der Waals surface area contributed by atoms with E-state index in [4.69, 9.17) is 23.2 Å². The highest BCUT2D eigenvalue weighted by Gasteiger charge is 2.39. The fraction of sp³-hybridized carbons (Fsp3) is 0.292. The van der Waals surface area contributed by atoms with E-state index in [1.54, 1.807) is 42.5 Å². The zero-order chi connectivity index (χ0) is 22.8. The number of rotatable bonds is 5. The van der Waals surface area contributed by atoms with Crippen molar-refractivity contribution in [3.8, 4) is 0 Å². The van der Waals surface area contributed by atoms with Crippen molar-refractivity contribution in [2.75, 3.05) is 10.2 Å². The number of nitrogens with zero attached hydrogens (tertiary/aromatic N) is 1. The van der Waals surface area contributed by atoms with E-state index in [-0.39, 0.29) is 22.7 Å². The van der Waals surface area contributed by atoms with Gasteiger partial charge in [0.2, 0.25) is 0 Å². The molecule has 0 atom stereocenters. The third kappa shape index (κ3) is 4.52. The van der Waals surface area contributed by atoms with E-state index in [9.17, 15) is 14.4 Å². The molecule has 0 aromatic heterocycles. The molecule has 8 heteroatoms. The van der Waals surface area contributed by atoms with Crippen molar-refractivity contribution >= 4 is 52.3 Å². The Kier molecular flexibility index (Phi) is 6.53. The molecule has 1 fully saturated rings. The summed E-state index contributed by atoms with van der Waals surface area (Å²) >= 11 is 12.1. The summed E-state index contributed by atoms with van der Waals surface area (Å²) in [6, 6.07) is 11.7. The van der Waals surface area contributed by atoms with Crippen LogP contribution in [0.25, 0.3) is 0 Å². The number of carbonyl (C=O) groups excluding carboxylic acids is 3. The second-order valence-electron chi connectivity index (χ2n) is 8.07. The summed E-state index contributed by atoms with van der Waals surface area (Å²) in [5.74, 6) is -1.35. The number of carbonyl (C=O) groups is 3. The molecular formula is C24H23Cl2N3O3. The number of hydrogen-bond acceptors (Lipinski definition) is 4. The quantitative estimate of drug-likeness (QED) is 0.591. The Labute approximate surface area is 196 Å². The average molecular weight is 472 g/mol. The van der Waals surface area contributed by atoms with Gasteiger partial charge in [-0.15, -0.1) is 0 Å². The van der Waals surface area contributed by atoms with Gasteiger partial charge < -0.3 is 10.6 Å². The van der Waals surface area contributed by atoms with Gasteiger partial charge in [0.15, 0.2) is 0 Å². The fourth-order valence-corrected chi connectivity index (χ4v) is 4.32. The predicted molar refractivity (Wildman–Crippen MR) is 126 cm³/mol. The maximum Gasteiger partial charge on any atom is 0.283 e. The molecule has 166 valence electrons. The number of halogens is 2. The van der Waals surface area contributed by atoms with Crippen LogP contribution in [0.3, 0.4) is 0 Å². The van der Waals surface area contributed by atoms with Crippen LogP contribution in [0.2, 0.25) is 5.02 Å². The molecule has 1 saturated carbocycles. The third-order valence-electron chi connectivity index (χ3n) is 5.81. The Bertz CT molecular complexity index is 1110. The van der Waals surface area contributed by atoms with E-state index in [2.05, 4.69) is 10.6 Å². The van der Waals surface area contributed by atoms with Crippen LogP contribution in [-0.4, -0.2) is 23.8 Å². The largest absolute Gasteiger partial charge is 0.349 e. The number of imide groups is 1. The molecule has 32 heavy (non-hydrogen) atoms. The lowest BCUT2D eigenvalue weighted by atomic mass is 9.95. The first-order chi connectivity index (χ1) is 15.3. The summed E-state index contributed by atoms with van der Waals surface area (Å²) in [6.07, 6.45) is 5.43. The second kappa shape index (κ2) is 9.35. The summed E-state index contributed by atoms with van der Waals surface area (Å²) < 4.78 is 0. The lowest BCUT2D eigenvalue weighted by molar-refractivity contribution is -0.120. The standard InChI is InChI=1S/C24H23Cl2N3O3/c1-14-7-8-15(22(30)27-17-5-3-2-4-6-17)13-19(14)28-21-20(26)23(31)29(24(21)32)18-11-9-16(25)10-12-18/h7-13,17,28H,2-6H2,1H3,(H,27,30). The van der Waals surface area contributed by atoms with Gasteiger partial charge in [-0.1, -0.05) is 48.5 Å². The van der Waals surface area contributed by atoms with E-state index >= 15 is 0 Å². The van der Waals surface area contributed by atoms with E-state index < -0.39 is 11.8 Å². The monoisotopic (exact) mass is 471 g/mol. The molecular weight excluding hydrogens is 449 g/mol. The van der Waals surface area contributed by atoms with Crippen molar-refractivity contribution < 1.29 is 14.4 Å². The van der Waals surface area contributed by atoms with Crippen molar-refractivity contribution in [1.29, 1.82) is 0 Å². The summed E-state index contributed by atoms with van der Waals surface area (Å²) in [6.45, 7) is 1.85. The first-order valence-corrected chi connectivity index (χ1v) is 11.3. The molecule has 1 heterocycles. The highest BCUT2D eigenvalue weighted by molar-refractivity contribution is 6.53. The highest BCUT2D eigenvalue weighted by Crippen LogP contribution is 2.31. The normalized spacial score (nSPS) is 17.2. The molecule has 2 N–H and O–H groups in total. The molecule has 2 aliphatic rings. The Morgan fingerprint density at radius 2 is 1.66 bits per heavy atom. The van der Waals surface area contributed by atoms with Gasteiger partial charge in [-0.05, 0) is 61.7 Å². The Morgan fingerprint density at radius 3 is 2.34 bits per heavy atom. The molecule has 0 bridgehead atoms. The summed E-state index contributed by atoms with van der Waals surface area (Å²) in [5.41, 5.74) is 2.16. The van der Waals surface area contributed by atoms with Crippen molar-refractivity contribution in [2.45, 2.75) is 45.1 Å². The minimum atomic E-state index is -0.620. The van der Waals surface area contributed by atoms with Crippen LogP contribution < -0.4 is 15.5 Å². The van der Waals surface area contributed by atoms with Gasteiger partial charge in [0.25, 0.3) is 17.7 Å². The van der Waals surface area contributed by atoms with Gasteiger partial charge in [0.1, 0.15) is 10.7 Å². The van der Waals surface area contributed by atoms with Crippen LogP contribution in [0.15, 0.2) is 53.2 Å². The fourth-order valence-electron chi connectivity index (χ4n) is 3.98. The van der Waals surface area contributed by atoms with Gasteiger partial charge >= 0.3 is 0 Å². The van der Waals surface area contributed by atoms with Crippen molar-refractivity contribution in [3.63, 3.8) is 0 Å². The zero-order valence-electron chi connectivity index (χ0n) is 17.6. The molecule has 3 amide bonds.